The number of halogens is 1. The zero-order valence-corrected chi connectivity index (χ0v) is 12.6. The third-order valence-electron chi connectivity index (χ3n) is 2.89. The van der Waals surface area contributed by atoms with Gasteiger partial charge in [0.15, 0.2) is 0 Å². The standard InChI is InChI=1S/C13H14ClN3O2S/c1-8-6-10(15)7-11(9(8)2)20(18,19)17-13-5-3-4-12(14)16-13/h3-7H,15H2,1-2H3,(H,16,17). The van der Waals surface area contributed by atoms with Crippen molar-refractivity contribution in [2.75, 3.05) is 10.5 Å². The molecule has 0 amide bonds. The molecule has 20 heavy (non-hydrogen) atoms. The number of hydrogen-bond acceptors (Lipinski definition) is 4. The highest BCUT2D eigenvalue weighted by atomic mass is 35.5. The van der Waals surface area contributed by atoms with Crippen LogP contribution in [0.2, 0.25) is 5.15 Å². The first-order valence-corrected chi connectivity index (χ1v) is 7.68. The Hall–Kier alpha value is -1.79. The molecule has 0 saturated heterocycles. The zero-order valence-electron chi connectivity index (χ0n) is 11.0. The highest BCUT2D eigenvalue weighted by Gasteiger charge is 2.19. The van der Waals surface area contributed by atoms with Crippen molar-refractivity contribution in [3.05, 3.63) is 46.6 Å². The normalized spacial score (nSPS) is 11.3. The summed E-state index contributed by atoms with van der Waals surface area (Å²) in [5, 5.41) is 0.214. The van der Waals surface area contributed by atoms with Gasteiger partial charge >= 0.3 is 0 Å². The maximum atomic E-state index is 12.4. The molecule has 0 aliphatic carbocycles. The Morgan fingerprint density at radius 1 is 1.25 bits per heavy atom. The van der Waals surface area contributed by atoms with Gasteiger partial charge in [-0.3, -0.25) is 4.72 Å². The molecule has 7 heteroatoms. The van der Waals surface area contributed by atoms with Crippen molar-refractivity contribution in [1.82, 2.24) is 4.98 Å². The number of rotatable bonds is 3. The van der Waals surface area contributed by atoms with E-state index >= 15 is 0 Å². The third-order valence-corrected chi connectivity index (χ3v) is 4.58. The number of sulfonamides is 1. The molecule has 0 radical (unpaired) electrons. The molecular formula is C13H14ClN3O2S. The number of pyridine rings is 1. The van der Waals surface area contributed by atoms with Crippen LogP contribution < -0.4 is 10.5 Å². The highest BCUT2D eigenvalue weighted by molar-refractivity contribution is 7.92. The lowest BCUT2D eigenvalue weighted by atomic mass is 10.1. The number of anilines is 2. The molecule has 0 aliphatic rings. The predicted octanol–water partition coefficient (Wildman–Crippen LogP) is 2.73. The number of nitrogens with zero attached hydrogens (tertiary/aromatic N) is 1. The van der Waals surface area contributed by atoms with Gasteiger partial charge in [-0.2, -0.15) is 0 Å². The summed E-state index contributed by atoms with van der Waals surface area (Å²) in [6, 6.07) is 7.86. The largest absolute Gasteiger partial charge is 0.399 e. The summed E-state index contributed by atoms with van der Waals surface area (Å²) in [6.45, 7) is 3.54. The van der Waals surface area contributed by atoms with Crippen molar-refractivity contribution in [3.63, 3.8) is 0 Å². The van der Waals surface area contributed by atoms with Crippen molar-refractivity contribution in [2.45, 2.75) is 18.7 Å². The summed E-state index contributed by atoms with van der Waals surface area (Å²) in [4.78, 5) is 4.04. The first-order chi connectivity index (χ1) is 9.29. The molecule has 2 aromatic rings. The van der Waals surface area contributed by atoms with Crippen LogP contribution in [0.4, 0.5) is 11.5 Å². The average molecular weight is 312 g/mol. The van der Waals surface area contributed by atoms with E-state index in [1.165, 1.54) is 12.1 Å². The summed E-state index contributed by atoms with van der Waals surface area (Å²) in [5.41, 5.74) is 7.57. The number of nitrogens with one attached hydrogen (secondary N) is 1. The molecule has 0 spiro atoms. The second-order valence-electron chi connectivity index (χ2n) is 4.41. The lowest BCUT2D eigenvalue weighted by Crippen LogP contribution is -2.16. The lowest BCUT2D eigenvalue weighted by molar-refractivity contribution is 0.600. The van der Waals surface area contributed by atoms with Gasteiger partial charge < -0.3 is 5.73 Å². The van der Waals surface area contributed by atoms with Gasteiger partial charge in [0, 0.05) is 5.69 Å². The van der Waals surface area contributed by atoms with Crippen molar-refractivity contribution in [1.29, 1.82) is 0 Å². The number of aryl methyl sites for hydroxylation is 1. The molecule has 0 saturated carbocycles. The number of hydrogen-bond donors (Lipinski definition) is 2. The molecule has 0 atom stereocenters. The average Bonchev–Trinajstić information content (AvgIpc) is 2.33. The van der Waals surface area contributed by atoms with E-state index in [0.29, 0.717) is 11.3 Å². The van der Waals surface area contributed by atoms with Crippen molar-refractivity contribution in [2.24, 2.45) is 0 Å². The molecule has 0 unspecified atom stereocenters. The van der Waals surface area contributed by atoms with Gasteiger partial charge in [0.05, 0.1) is 4.90 Å². The first kappa shape index (κ1) is 14.6. The van der Waals surface area contributed by atoms with E-state index in [2.05, 4.69) is 9.71 Å². The lowest BCUT2D eigenvalue weighted by Gasteiger charge is -2.12. The Bertz CT molecular complexity index is 760. The minimum Gasteiger partial charge on any atom is -0.399 e. The Morgan fingerprint density at radius 3 is 2.60 bits per heavy atom. The number of aromatic nitrogens is 1. The van der Waals surface area contributed by atoms with Crippen LogP contribution in [0.3, 0.4) is 0 Å². The fraction of sp³-hybridized carbons (Fsp3) is 0.154. The van der Waals surface area contributed by atoms with Crippen molar-refractivity contribution < 1.29 is 8.42 Å². The maximum absolute atomic E-state index is 12.4. The quantitative estimate of drug-likeness (QED) is 0.674. The fourth-order valence-electron chi connectivity index (χ4n) is 1.79. The molecule has 3 N–H and O–H groups in total. The first-order valence-electron chi connectivity index (χ1n) is 5.82. The van der Waals surface area contributed by atoms with Gasteiger partial charge in [0.2, 0.25) is 0 Å². The third kappa shape index (κ3) is 3.02. The van der Waals surface area contributed by atoms with E-state index in [9.17, 15) is 8.42 Å². The SMILES string of the molecule is Cc1cc(N)cc(S(=O)(=O)Nc2cccc(Cl)n2)c1C. The molecule has 1 aromatic heterocycles. The van der Waals surface area contributed by atoms with Crippen molar-refractivity contribution >= 4 is 33.1 Å². The molecule has 0 fully saturated rings. The molecule has 106 valence electrons. The van der Waals surface area contributed by atoms with Gasteiger partial charge in [-0.15, -0.1) is 0 Å². The van der Waals surface area contributed by atoms with Gasteiger partial charge in [0.1, 0.15) is 11.0 Å². The van der Waals surface area contributed by atoms with Crippen LogP contribution in [0.15, 0.2) is 35.2 Å². The number of benzene rings is 1. The Kier molecular flexibility index (Phi) is 3.87. The van der Waals surface area contributed by atoms with E-state index in [-0.39, 0.29) is 15.9 Å². The van der Waals surface area contributed by atoms with Crippen LogP contribution in [0.5, 0.6) is 0 Å². The van der Waals surface area contributed by atoms with Crippen LogP contribution in [0.1, 0.15) is 11.1 Å². The van der Waals surface area contributed by atoms with Crippen LogP contribution in [-0.4, -0.2) is 13.4 Å². The van der Waals surface area contributed by atoms with Crippen LogP contribution >= 0.6 is 11.6 Å². The summed E-state index contributed by atoms with van der Waals surface area (Å²) in [6.07, 6.45) is 0. The zero-order chi connectivity index (χ0) is 14.9. The van der Waals surface area contributed by atoms with Gasteiger partial charge in [-0.1, -0.05) is 17.7 Å². The molecular weight excluding hydrogens is 298 g/mol. The van der Waals surface area contributed by atoms with E-state index in [1.807, 2.05) is 6.92 Å². The molecule has 1 aromatic carbocycles. The van der Waals surface area contributed by atoms with Crippen LogP contribution in [-0.2, 0) is 10.0 Å². The van der Waals surface area contributed by atoms with Gasteiger partial charge in [-0.25, -0.2) is 13.4 Å². The molecule has 1 heterocycles. The van der Waals surface area contributed by atoms with Crippen LogP contribution in [0, 0.1) is 13.8 Å². The Labute approximate surface area is 122 Å². The van der Waals surface area contributed by atoms with E-state index in [1.54, 1.807) is 25.1 Å². The second kappa shape index (κ2) is 5.30. The van der Waals surface area contributed by atoms with Gasteiger partial charge in [0.25, 0.3) is 10.0 Å². The van der Waals surface area contributed by atoms with Crippen molar-refractivity contribution in [3.8, 4) is 0 Å². The molecule has 0 bridgehead atoms. The summed E-state index contributed by atoms with van der Waals surface area (Å²) in [7, 11) is -3.76. The monoisotopic (exact) mass is 311 g/mol. The minimum absolute atomic E-state index is 0.136. The minimum atomic E-state index is -3.76. The number of nitrogens with two attached hydrogens (primary N) is 1. The second-order valence-corrected chi connectivity index (χ2v) is 6.45. The fourth-order valence-corrected chi connectivity index (χ4v) is 3.31. The summed E-state index contributed by atoms with van der Waals surface area (Å²) < 4.78 is 27.2. The summed E-state index contributed by atoms with van der Waals surface area (Å²) in [5.74, 6) is 0.164. The molecule has 2 rings (SSSR count). The highest BCUT2D eigenvalue weighted by Crippen LogP contribution is 2.24. The Balaban J connectivity index is 2.46. The predicted molar refractivity (Wildman–Crippen MR) is 80.4 cm³/mol. The maximum Gasteiger partial charge on any atom is 0.263 e. The Morgan fingerprint density at radius 2 is 1.95 bits per heavy atom. The van der Waals surface area contributed by atoms with Gasteiger partial charge in [-0.05, 0) is 49.2 Å². The summed E-state index contributed by atoms with van der Waals surface area (Å²) >= 11 is 5.74. The van der Waals surface area contributed by atoms with E-state index < -0.39 is 10.0 Å². The smallest absolute Gasteiger partial charge is 0.263 e. The van der Waals surface area contributed by atoms with E-state index in [0.717, 1.165) is 5.56 Å². The number of nitrogen functional groups attached to an aromatic ring is 1. The van der Waals surface area contributed by atoms with Crippen LogP contribution in [0.25, 0.3) is 0 Å². The topological polar surface area (TPSA) is 85.1 Å². The molecule has 5 nitrogen and oxygen atoms in total. The van der Waals surface area contributed by atoms with E-state index in [4.69, 9.17) is 17.3 Å². The molecule has 0 aliphatic heterocycles.